The van der Waals surface area contributed by atoms with Gasteiger partial charge in [0.15, 0.2) is 4.34 Å². The average Bonchev–Trinajstić information content (AvgIpc) is 2.96. The molecular weight excluding hydrogens is 274 g/mol. The van der Waals surface area contributed by atoms with Crippen molar-refractivity contribution >= 4 is 23.3 Å². The molecule has 1 N–H and O–H groups in total. The zero-order valence-corrected chi connectivity index (χ0v) is 12.7. The Balaban J connectivity index is 1.82. The molecule has 0 aliphatic heterocycles. The summed E-state index contributed by atoms with van der Waals surface area (Å²) in [6.45, 7) is 5.11. The van der Waals surface area contributed by atoms with Crippen LogP contribution in [0.3, 0.4) is 0 Å². The predicted octanol–water partition coefficient (Wildman–Crippen LogP) is 3.21. The van der Waals surface area contributed by atoms with E-state index in [0.717, 1.165) is 23.1 Å². The summed E-state index contributed by atoms with van der Waals surface area (Å²) in [4.78, 5) is 4.47. The summed E-state index contributed by atoms with van der Waals surface area (Å²) >= 11 is 3.37. The van der Waals surface area contributed by atoms with E-state index in [9.17, 15) is 0 Å². The first-order valence-corrected chi connectivity index (χ1v) is 8.21. The topological polar surface area (TPSA) is 37.8 Å². The summed E-state index contributed by atoms with van der Waals surface area (Å²) in [5.74, 6) is 0.878. The van der Waals surface area contributed by atoms with Crippen molar-refractivity contribution in [3.05, 3.63) is 41.2 Å². The number of aromatic nitrogens is 2. The van der Waals surface area contributed by atoms with Gasteiger partial charge in [-0.25, -0.2) is 4.98 Å². The fourth-order valence-corrected chi connectivity index (χ4v) is 4.75. The van der Waals surface area contributed by atoms with Crippen LogP contribution in [0.5, 0.6) is 0 Å². The van der Waals surface area contributed by atoms with Crippen molar-refractivity contribution in [1.29, 1.82) is 0 Å². The fourth-order valence-electron chi connectivity index (χ4n) is 2.58. The normalized spacial score (nSPS) is 21.6. The molecule has 3 nitrogen and oxygen atoms in total. The summed E-state index contributed by atoms with van der Waals surface area (Å²) in [7, 11) is 0. The molecule has 3 rings (SSSR count). The number of nitrogens with zero attached hydrogens (tertiary/aromatic N) is 2. The Morgan fingerprint density at radius 1 is 1.42 bits per heavy atom. The standard InChI is InChI=1S/C14H17N3S2/c1-3-15-13-11-7-5-4-6-10(11)8-12(13)18-14-16-9(2)17-19-14/h4-7,12-13,15H,3,8H2,1-2H3. The Morgan fingerprint density at radius 2 is 2.26 bits per heavy atom. The van der Waals surface area contributed by atoms with E-state index in [1.54, 1.807) is 0 Å². The maximum atomic E-state index is 4.47. The molecule has 1 heterocycles. The minimum Gasteiger partial charge on any atom is -0.309 e. The maximum Gasteiger partial charge on any atom is 0.170 e. The number of rotatable bonds is 4. The summed E-state index contributed by atoms with van der Waals surface area (Å²) in [5.41, 5.74) is 2.91. The van der Waals surface area contributed by atoms with Gasteiger partial charge in [-0.3, -0.25) is 0 Å². The maximum absolute atomic E-state index is 4.47. The number of benzene rings is 1. The third kappa shape index (κ3) is 2.68. The molecular formula is C14H17N3S2. The smallest absolute Gasteiger partial charge is 0.170 e. The van der Waals surface area contributed by atoms with E-state index in [2.05, 4.69) is 45.9 Å². The Hall–Kier alpha value is -0.910. The van der Waals surface area contributed by atoms with Gasteiger partial charge in [0.1, 0.15) is 5.82 Å². The first-order valence-electron chi connectivity index (χ1n) is 6.56. The number of nitrogens with one attached hydrogen (secondary N) is 1. The zero-order chi connectivity index (χ0) is 13.2. The van der Waals surface area contributed by atoms with E-state index in [-0.39, 0.29) is 0 Å². The highest BCUT2D eigenvalue weighted by atomic mass is 32.2. The van der Waals surface area contributed by atoms with E-state index in [4.69, 9.17) is 0 Å². The molecule has 0 amide bonds. The van der Waals surface area contributed by atoms with E-state index in [1.807, 2.05) is 18.7 Å². The lowest BCUT2D eigenvalue weighted by atomic mass is 10.1. The minimum atomic E-state index is 0.426. The zero-order valence-electron chi connectivity index (χ0n) is 11.1. The molecule has 1 aromatic carbocycles. The van der Waals surface area contributed by atoms with Gasteiger partial charge in [0.25, 0.3) is 0 Å². The molecule has 0 bridgehead atoms. The van der Waals surface area contributed by atoms with Crippen LogP contribution in [-0.2, 0) is 6.42 Å². The number of aryl methyl sites for hydroxylation is 1. The lowest BCUT2D eigenvalue weighted by Crippen LogP contribution is -2.26. The van der Waals surface area contributed by atoms with Crippen LogP contribution in [0.4, 0.5) is 0 Å². The lowest BCUT2D eigenvalue weighted by molar-refractivity contribution is 0.560. The molecule has 0 fully saturated rings. The average molecular weight is 291 g/mol. The van der Waals surface area contributed by atoms with Gasteiger partial charge in [0.05, 0.1) is 0 Å². The molecule has 1 aliphatic carbocycles. The second kappa shape index (κ2) is 5.61. The molecule has 2 atom stereocenters. The van der Waals surface area contributed by atoms with Crippen molar-refractivity contribution in [3.63, 3.8) is 0 Å². The highest BCUT2D eigenvalue weighted by molar-refractivity contribution is 8.01. The quantitative estimate of drug-likeness (QED) is 0.938. The molecule has 2 unspecified atom stereocenters. The Morgan fingerprint density at radius 3 is 3.00 bits per heavy atom. The van der Waals surface area contributed by atoms with Gasteiger partial charge < -0.3 is 5.32 Å². The number of hydrogen-bond acceptors (Lipinski definition) is 5. The predicted molar refractivity (Wildman–Crippen MR) is 80.9 cm³/mol. The van der Waals surface area contributed by atoms with Crippen molar-refractivity contribution in [1.82, 2.24) is 14.7 Å². The van der Waals surface area contributed by atoms with Crippen LogP contribution in [0.1, 0.15) is 29.9 Å². The molecule has 100 valence electrons. The van der Waals surface area contributed by atoms with Crippen LogP contribution in [-0.4, -0.2) is 21.2 Å². The van der Waals surface area contributed by atoms with Gasteiger partial charge in [-0.2, -0.15) is 4.37 Å². The van der Waals surface area contributed by atoms with E-state index < -0.39 is 0 Å². The van der Waals surface area contributed by atoms with Gasteiger partial charge in [-0.1, -0.05) is 43.0 Å². The fraction of sp³-hybridized carbons (Fsp3) is 0.429. The van der Waals surface area contributed by atoms with Crippen LogP contribution in [0, 0.1) is 6.92 Å². The number of hydrogen-bond donors (Lipinski definition) is 1. The molecule has 0 saturated heterocycles. The van der Waals surface area contributed by atoms with Crippen molar-refractivity contribution in [3.8, 4) is 0 Å². The third-order valence-electron chi connectivity index (χ3n) is 3.37. The summed E-state index contributed by atoms with van der Waals surface area (Å²) in [5, 5.41) is 4.13. The molecule has 0 saturated carbocycles. The summed E-state index contributed by atoms with van der Waals surface area (Å²) in [6.07, 6.45) is 1.11. The minimum absolute atomic E-state index is 0.426. The lowest BCUT2D eigenvalue weighted by Gasteiger charge is -2.19. The van der Waals surface area contributed by atoms with Gasteiger partial charge in [0, 0.05) is 11.3 Å². The molecule has 2 aromatic rings. The molecule has 19 heavy (non-hydrogen) atoms. The van der Waals surface area contributed by atoms with Crippen LogP contribution in [0.2, 0.25) is 0 Å². The van der Waals surface area contributed by atoms with E-state index >= 15 is 0 Å². The number of thioether (sulfide) groups is 1. The van der Waals surface area contributed by atoms with Gasteiger partial charge >= 0.3 is 0 Å². The first kappa shape index (κ1) is 13.1. The largest absolute Gasteiger partial charge is 0.309 e. The van der Waals surface area contributed by atoms with Crippen molar-refractivity contribution in [2.24, 2.45) is 0 Å². The SMILES string of the molecule is CCNC1c2ccccc2CC1Sc1nc(C)ns1. The molecule has 1 aromatic heterocycles. The van der Waals surface area contributed by atoms with Crippen LogP contribution < -0.4 is 5.32 Å². The Labute approximate surface area is 122 Å². The Bertz CT molecular complexity index is 567. The molecule has 0 spiro atoms. The molecule has 1 aliphatic rings. The highest BCUT2D eigenvalue weighted by Crippen LogP contribution is 2.41. The third-order valence-corrected chi connectivity index (χ3v) is 5.52. The molecule has 5 heteroatoms. The second-order valence-electron chi connectivity index (χ2n) is 4.70. The monoisotopic (exact) mass is 291 g/mol. The Kier molecular flexibility index (Phi) is 3.86. The summed E-state index contributed by atoms with van der Waals surface area (Å²) in [6, 6.07) is 9.17. The second-order valence-corrected chi connectivity index (χ2v) is 6.94. The van der Waals surface area contributed by atoms with Crippen molar-refractivity contribution in [2.75, 3.05) is 6.54 Å². The number of fused-ring (bicyclic) bond motifs is 1. The van der Waals surface area contributed by atoms with E-state index in [1.165, 1.54) is 22.7 Å². The first-order chi connectivity index (χ1) is 9.28. The van der Waals surface area contributed by atoms with E-state index in [0.29, 0.717) is 11.3 Å². The van der Waals surface area contributed by atoms with Gasteiger partial charge in [-0.15, -0.1) is 0 Å². The molecule has 0 radical (unpaired) electrons. The van der Waals surface area contributed by atoms with Gasteiger partial charge in [-0.05, 0) is 42.5 Å². The van der Waals surface area contributed by atoms with Crippen LogP contribution in [0.25, 0.3) is 0 Å². The van der Waals surface area contributed by atoms with Crippen molar-refractivity contribution < 1.29 is 0 Å². The summed E-state index contributed by atoms with van der Waals surface area (Å²) < 4.78 is 5.35. The van der Waals surface area contributed by atoms with Crippen LogP contribution >= 0.6 is 23.3 Å². The van der Waals surface area contributed by atoms with Crippen molar-refractivity contribution in [2.45, 2.75) is 35.9 Å². The highest BCUT2D eigenvalue weighted by Gasteiger charge is 2.32. The van der Waals surface area contributed by atoms with Gasteiger partial charge in [0.2, 0.25) is 0 Å². The van der Waals surface area contributed by atoms with Crippen LogP contribution in [0.15, 0.2) is 28.6 Å².